The fourth-order valence-corrected chi connectivity index (χ4v) is 3.10. The van der Waals surface area contributed by atoms with Crippen molar-refractivity contribution in [3.05, 3.63) is 69.8 Å². The summed E-state index contributed by atoms with van der Waals surface area (Å²) in [6, 6.07) is 15.2. The van der Waals surface area contributed by atoms with E-state index in [0.717, 1.165) is 42.1 Å². The van der Waals surface area contributed by atoms with E-state index < -0.39 is 4.92 Å². The van der Waals surface area contributed by atoms with Gasteiger partial charge in [-0.1, -0.05) is 30.3 Å². The van der Waals surface area contributed by atoms with Crippen molar-refractivity contribution >= 4 is 35.6 Å². The van der Waals surface area contributed by atoms with Crippen LogP contribution in [0, 0.1) is 10.1 Å². The molecule has 4 rings (SSSR count). The van der Waals surface area contributed by atoms with Crippen LogP contribution in [0.25, 0.3) is 0 Å². The Bertz CT molecular complexity index is 853. The summed E-state index contributed by atoms with van der Waals surface area (Å²) in [5.41, 5.74) is 2.17. The van der Waals surface area contributed by atoms with Crippen molar-refractivity contribution in [1.29, 1.82) is 0 Å². The largest absolute Gasteiger partial charge is 0.493 e. The van der Waals surface area contributed by atoms with Gasteiger partial charge in [0.1, 0.15) is 5.75 Å². The van der Waals surface area contributed by atoms with E-state index in [4.69, 9.17) is 9.73 Å². The van der Waals surface area contributed by atoms with Gasteiger partial charge in [-0.15, -0.1) is 24.0 Å². The Morgan fingerprint density at radius 3 is 2.57 bits per heavy atom. The number of non-ortho nitro benzene ring substituents is 1. The summed E-state index contributed by atoms with van der Waals surface area (Å²) < 4.78 is 5.73. The van der Waals surface area contributed by atoms with Gasteiger partial charge in [-0.05, 0) is 24.5 Å². The van der Waals surface area contributed by atoms with Crippen LogP contribution in [0.3, 0.4) is 0 Å². The number of fused-ring (bicyclic) bond motifs is 1. The van der Waals surface area contributed by atoms with E-state index in [2.05, 4.69) is 16.7 Å². The number of hydrogen-bond acceptors (Lipinski definition) is 4. The number of nitrogens with zero attached hydrogens (tertiary/aromatic N) is 2. The SMILES string of the molecule is I.O=[N+]([O-])c1ccc(CN=C(NC2CC2)NC2CCOc3ccccc32)cc1. The molecule has 0 aromatic heterocycles. The van der Waals surface area contributed by atoms with Crippen LogP contribution in [0.2, 0.25) is 0 Å². The Balaban J connectivity index is 0.00000225. The molecule has 1 aliphatic carbocycles. The Kier molecular flexibility index (Phi) is 6.71. The van der Waals surface area contributed by atoms with E-state index in [0.29, 0.717) is 19.2 Å². The summed E-state index contributed by atoms with van der Waals surface area (Å²) in [6.07, 6.45) is 3.19. The molecule has 0 spiro atoms. The zero-order chi connectivity index (χ0) is 18.6. The number of aliphatic imine (C=N–C) groups is 1. The predicted molar refractivity (Wildman–Crippen MR) is 118 cm³/mol. The Labute approximate surface area is 180 Å². The molecule has 0 radical (unpaired) electrons. The number of hydrogen-bond donors (Lipinski definition) is 2. The third kappa shape index (κ3) is 5.12. The summed E-state index contributed by atoms with van der Waals surface area (Å²) in [4.78, 5) is 15.1. The molecule has 8 heteroatoms. The number of rotatable bonds is 5. The smallest absolute Gasteiger partial charge is 0.269 e. The Morgan fingerprint density at radius 1 is 1.11 bits per heavy atom. The van der Waals surface area contributed by atoms with Crippen LogP contribution in [0.15, 0.2) is 53.5 Å². The highest BCUT2D eigenvalue weighted by Gasteiger charge is 2.26. The van der Waals surface area contributed by atoms with E-state index in [1.54, 1.807) is 12.1 Å². The van der Waals surface area contributed by atoms with Crippen LogP contribution >= 0.6 is 24.0 Å². The topological polar surface area (TPSA) is 88.8 Å². The van der Waals surface area contributed by atoms with Crippen LogP contribution in [0.4, 0.5) is 5.69 Å². The number of nitrogens with one attached hydrogen (secondary N) is 2. The first-order valence-corrected chi connectivity index (χ1v) is 9.21. The van der Waals surface area contributed by atoms with Gasteiger partial charge in [0.05, 0.1) is 24.1 Å². The van der Waals surface area contributed by atoms with Crippen molar-refractivity contribution in [2.45, 2.75) is 37.9 Å². The van der Waals surface area contributed by atoms with E-state index in [1.807, 2.05) is 18.2 Å². The first-order chi connectivity index (χ1) is 13.2. The number of ether oxygens (including phenoxy) is 1. The average molecular weight is 494 g/mol. The number of benzene rings is 2. The highest BCUT2D eigenvalue weighted by molar-refractivity contribution is 14.0. The molecule has 2 aromatic carbocycles. The molecule has 1 unspecified atom stereocenters. The van der Waals surface area contributed by atoms with Crippen LogP contribution in [0.5, 0.6) is 5.75 Å². The fraction of sp³-hybridized carbons (Fsp3) is 0.350. The van der Waals surface area contributed by atoms with Gasteiger partial charge in [-0.3, -0.25) is 10.1 Å². The zero-order valence-corrected chi connectivity index (χ0v) is 17.7. The summed E-state index contributed by atoms with van der Waals surface area (Å²) in [7, 11) is 0. The maximum atomic E-state index is 10.8. The number of guanidine groups is 1. The number of halogens is 1. The minimum atomic E-state index is -0.392. The second-order valence-electron chi connectivity index (χ2n) is 6.88. The molecule has 1 aliphatic heterocycles. The molecule has 0 bridgehead atoms. The zero-order valence-electron chi connectivity index (χ0n) is 15.3. The van der Waals surface area contributed by atoms with Crippen molar-refractivity contribution in [2.24, 2.45) is 4.99 Å². The summed E-state index contributed by atoms with van der Waals surface area (Å²) in [5.74, 6) is 1.69. The highest BCUT2D eigenvalue weighted by atomic mass is 127. The van der Waals surface area contributed by atoms with E-state index >= 15 is 0 Å². The molecule has 2 aliphatic rings. The third-order valence-electron chi connectivity index (χ3n) is 4.75. The molecule has 1 heterocycles. The first kappa shape index (κ1) is 20.4. The second kappa shape index (κ2) is 9.22. The normalized spacial score (nSPS) is 18.3. The molecule has 148 valence electrons. The van der Waals surface area contributed by atoms with E-state index in [9.17, 15) is 10.1 Å². The van der Waals surface area contributed by atoms with Crippen LogP contribution in [0.1, 0.15) is 36.4 Å². The van der Waals surface area contributed by atoms with Gasteiger partial charge in [-0.2, -0.15) is 0 Å². The van der Waals surface area contributed by atoms with Crippen molar-refractivity contribution < 1.29 is 9.66 Å². The standard InChI is InChI=1S/C20H22N4O3.HI/c25-24(26)16-9-5-14(6-10-16)13-21-20(22-15-7-8-15)23-18-11-12-27-19-4-2-1-3-17(18)19;/h1-6,9-10,15,18H,7-8,11-13H2,(H2,21,22,23);1H. The van der Waals surface area contributed by atoms with E-state index in [1.165, 1.54) is 12.1 Å². The van der Waals surface area contributed by atoms with Gasteiger partial charge in [0.25, 0.3) is 5.69 Å². The maximum Gasteiger partial charge on any atom is 0.269 e. The molecule has 7 nitrogen and oxygen atoms in total. The molecular weight excluding hydrogens is 471 g/mol. The minimum Gasteiger partial charge on any atom is -0.493 e. The van der Waals surface area contributed by atoms with Crippen LogP contribution in [-0.2, 0) is 6.54 Å². The third-order valence-corrected chi connectivity index (χ3v) is 4.75. The minimum absolute atomic E-state index is 0. The Hall–Kier alpha value is -2.36. The van der Waals surface area contributed by atoms with Crippen molar-refractivity contribution in [3.63, 3.8) is 0 Å². The number of nitro groups is 1. The molecule has 0 saturated heterocycles. The van der Waals surface area contributed by atoms with Crippen LogP contribution in [-0.4, -0.2) is 23.5 Å². The lowest BCUT2D eigenvalue weighted by molar-refractivity contribution is -0.384. The quantitative estimate of drug-likeness (QED) is 0.216. The summed E-state index contributed by atoms with van der Waals surface area (Å²) >= 11 is 0. The number of nitro benzene ring substituents is 1. The van der Waals surface area contributed by atoms with E-state index in [-0.39, 0.29) is 35.7 Å². The van der Waals surface area contributed by atoms with Gasteiger partial charge in [0.15, 0.2) is 5.96 Å². The maximum absolute atomic E-state index is 10.8. The molecule has 28 heavy (non-hydrogen) atoms. The number of para-hydroxylation sites is 1. The predicted octanol–water partition coefficient (Wildman–Crippen LogP) is 3.93. The lowest BCUT2D eigenvalue weighted by Crippen LogP contribution is -2.42. The summed E-state index contributed by atoms with van der Waals surface area (Å²) in [6.45, 7) is 1.14. The molecule has 2 N–H and O–H groups in total. The van der Waals surface area contributed by atoms with Gasteiger partial charge < -0.3 is 15.4 Å². The highest BCUT2D eigenvalue weighted by Crippen LogP contribution is 2.31. The lowest BCUT2D eigenvalue weighted by Gasteiger charge is -2.28. The van der Waals surface area contributed by atoms with Gasteiger partial charge in [0, 0.05) is 30.2 Å². The van der Waals surface area contributed by atoms with Gasteiger partial charge in [0.2, 0.25) is 0 Å². The van der Waals surface area contributed by atoms with Gasteiger partial charge >= 0.3 is 0 Å². The van der Waals surface area contributed by atoms with Crippen LogP contribution < -0.4 is 15.4 Å². The van der Waals surface area contributed by atoms with Crippen molar-refractivity contribution in [2.75, 3.05) is 6.61 Å². The average Bonchev–Trinajstić information content (AvgIpc) is 3.51. The van der Waals surface area contributed by atoms with Gasteiger partial charge in [-0.25, -0.2) is 4.99 Å². The van der Waals surface area contributed by atoms with Crippen molar-refractivity contribution in [3.8, 4) is 5.75 Å². The van der Waals surface area contributed by atoms with Crippen molar-refractivity contribution in [1.82, 2.24) is 10.6 Å². The lowest BCUT2D eigenvalue weighted by atomic mass is 10.0. The molecule has 0 amide bonds. The fourth-order valence-electron chi connectivity index (χ4n) is 3.10. The second-order valence-corrected chi connectivity index (χ2v) is 6.88. The summed E-state index contributed by atoms with van der Waals surface area (Å²) in [5, 5.41) is 17.8. The molecular formula is C20H23IN4O3. The first-order valence-electron chi connectivity index (χ1n) is 9.21. The molecule has 1 fully saturated rings. The molecule has 2 aromatic rings. The Morgan fingerprint density at radius 2 is 1.86 bits per heavy atom. The monoisotopic (exact) mass is 494 g/mol. The molecule has 1 saturated carbocycles. The molecule has 1 atom stereocenters.